The van der Waals surface area contributed by atoms with Crippen LogP contribution in [0.4, 0.5) is 0 Å². The third-order valence-corrected chi connectivity index (χ3v) is 3.13. The van der Waals surface area contributed by atoms with Crippen LogP contribution in [0.25, 0.3) is 0 Å². The topological polar surface area (TPSA) is 46.5 Å². The largest absolute Gasteiger partial charge is 0.433 e. The minimum atomic E-state index is -1.22. The highest BCUT2D eigenvalue weighted by Crippen LogP contribution is 2.29. The lowest BCUT2D eigenvalue weighted by molar-refractivity contribution is -0.219. The fraction of sp³-hybridized carbons (Fsp3) is 0.500. The van der Waals surface area contributed by atoms with Crippen molar-refractivity contribution in [2.75, 3.05) is 0 Å². The molecule has 0 atom stereocenters. The van der Waals surface area contributed by atoms with Gasteiger partial charge in [0, 0.05) is 12.8 Å². The molecule has 1 aromatic carbocycles. The molecule has 17 heavy (non-hydrogen) atoms. The van der Waals surface area contributed by atoms with Crippen LogP contribution in [0, 0.1) is 0 Å². The molecule has 1 aliphatic carbocycles. The van der Waals surface area contributed by atoms with Gasteiger partial charge in [-0.05, 0) is 18.4 Å². The van der Waals surface area contributed by atoms with E-state index in [-0.39, 0.29) is 12.4 Å². The second kappa shape index (κ2) is 5.32. The van der Waals surface area contributed by atoms with Crippen LogP contribution in [0.3, 0.4) is 0 Å². The van der Waals surface area contributed by atoms with E-state index in [1.54, 1.807) is 0 Å². The molecule has 0 heterocycles. The Morgan fingerprint density at radius 3 is 2.47 bits per heavy atom. The number of hydrogen-bond donors (Lipinski definition) is 1. The molecule has 0 bridgehead atoms. The summed E-state index contributed by atoms with van der Waals surface area (Å²) in [6.45, 7) is 0. The monoisotopic (exact) mass is 234 g/mol. The molecular formula is C14H18O3. The van der Waals surface area contributed by atoms with Gasteiger partial charge in [0.2, 0.25) is 5.79 Å². The van der Waals surface area contributed by atoms with Crippen LogP contribution < -0.4 is 0 Å². The SMILES string of the molecule is O=C(Cc1ccccc1)OC1(O)CCCCC1. The number of ether oxygens (including phenoxy) is 1. The first kappa shape index (κ1) is 12.1. The Hall–Kier alpha value is -1.35. The highest BCUT2D eigenvalue weighted by atomic mass is 16.7. The molecule has 2 rings (SSSR count). The molecule has 92 valence electrons. The van der Waals surface area contributed by atoms with E-state index in [0.717, 1.165) is 24.8 Å². The van der Waals surface area contributed by atoms with Crippen molar-refractivity contribution < 1.29 is 14.6 Å². The van der Waals surface area contributed by atoms with Gasteiger partial charge < -0.3 is 9.84 Å². The third-order valence-electron chi connectivity index (χ3n) is 3.13. The summed E-state index contributed by atoms with van der Waals surface area (Å²) in [5.41, 5.74) is 0.914. The molecule has 1 aromatic rings. The van der Waals surface area contributed by atoms with Crippen LogP contribution in [0.5, 0.6) is 0 Å². The van der Waals surface area contributed by atoms with E-state index in [1.807, 2.05) is 30.3 Å². The zero-order valence-electron chi connectivity index (χ0n) is 9.89. The van der Waals surface area contributed by atoms with Gasteiger partial charge in [0.15, 0.2) is 0 Å². The normalized spacial score (nSPS) is 18.6. The Labute approximate surface area is 101 Å². The minimum Gasteiger partial charge on any atom is -0.433 e. The van der Waals surface area contributed by atoms with E-state index in [9.17, 15) is 9.90 Å². The van der Waals surface area contributed by atoms with Crippen LogP contribution in [-0.4, -0.2) is 16.9 Å². The molecule has 1 aliphatic rings. The molecule has 0 unspecified atom stereocenters. The summed E-state index contributed by atoms with van der Waals surface area (Å²) < 4.78 is 5.20. The number of hydrogen-bond acceptors (Lipinski definition) is 3. The average Bonchev–Trinajstić information content (AvgIpc) is 2.30. The van der Waals surface area contributed by atoms with Gasteiger partial charge in [0.1, 0.15) is 0 Å². The molecule has 0 amide bonds. The summed E-state index contributed by atoms with van der Waals surface area (Å²) in [6, 6.07) is 9.44. The van der Waals surface area contributed by atoms with E-state index >= 15 is 0 Å². The molecule has 1 fully saturated rings. The maximum atomic E-state index is 11.7. The van der Waals surface area contributed by atoms with Crippen molar-refractivity contribution in [2.24, 2.45) is 0 Å². The lowest BCUT2D eigenvalue weighted by Gasteiger charge is -2.31. The molecule has 3 heteroatoms. The first-order chi connectivity index (χ1) is 8.18. The Balaban J connectivity index is 1.88. The van der Waals surface area contributed by atoms with Crippen LogP contribution in [-0.2, 0) is 16.0 Å². The Morgan fingerprint density at radius 1 is 1.18 bits per heavy atom. The van der Waals surface area contributed by atoms with Gasteiger partial charge in [-0.25, -0.2) is 0 Å². The molecule has 3 nitrogen and oxygen atoms in total. The van der Waals surface area contributed by atoms with Crippen molar-refractivity contribution in [3.05, 3.63) is 35.9 Å². The first-order valence-electron chi connectivity index (χ1n) is 6.16. The van der Waals surface area contributed by atoms with Gasteiger partial charge in [-0.2, -0.15) is 0 Å². The molecule has 0 aromatic heterocycles. The summed E-state index contributed by atoms with van der Waals surface area (Å²) in [5, 5.41) is 10.1. The van der Waals surface area contributed by atoms with Gasteiger partial charge in [-0.1, -0.05) is 36.8 Å². The lowest BCUT2D eigenvalue weighted by atomic mass is 9.94. The summed E-state index contributed by atoms with van der Waals surface area (Å²) in [6.07, 6.45) is 4.31. The van der Waals surface area contributed by atoms with Gasteiger partial charge in [-0.3, -0.25) is 4.79 Å². The summed E-state index contributed by atoms with van der Waals surface area (Å²) in [5.74, 6) is -1.56. The summed E-state index contributed by atoms with van der Waals surface area (Å²) >= 11 is 0. The van der Waals surface area contributed by atoms with Crippen LogP contribution in [0.1, 0.15) is 37.7 Å². The van der Waals surface area contributed by atoms with Crippen LogP contribution in [0.2, 0.25) is 0 Å². The maximum Gasteiger partial charge on any atom is 0.312 e. The number of rotatable bonds is 3. The molecular weight excluding hydrogens is 216 g/mol. The minimum absolute atomic E-state index is 0.225. The molecule has 0 spiro atoms. The van der Waals surface area contributed by atoms with E-state index in [1.165, 1.54) is 0 Å². The Morgan fingerprint density at radius 2 is 1.82 bits per heavy atom. The number of carbonyl (C=O) groups is 1. The Kier molecular flexibility index (Phi) is 3.79. The van der Waals surface area contributed by atoms with E-state index in [2.05, 4.69) is 0 Å². The van der Waals surface area contributed by atoms with E-state index in [4.69, 9.17) is 4.74 Å². The highest BCUT2D eigenvalue weighted by molar-refractivity contribution is 5.72. The first-order valence-corrected chi connectivity index (χ1v) is 6.16. The smallest absolute Gasteiger partial charge is 0.312 e. The summed E-state index contributed by atoms with van der Waals surface area (Å²) in [4.78, 5) is 11.7. The third kappa shape index (κ3) is 3.56. The summed E-state index contributed by atoms with van der Waals surface area (Å²) in [7, 11) is 0. The van der Waals surface area contributed by atoms with Crippen molar-refractivity contribution in [3.8, 4) is 0 Å². The standard InChI is InChI=1S/C14H18O3/c15-13(11-12-7-3-1-4-8-12)17-14(16)9-5-2-6-10-14/h1,3-4,7-8,16H,2,5-6,9-11H2. The van der Waals surface area contributed by atoms with Crippen molar-refractivity contribution in [2.45, 2.75) is 44.3 Å². The fourth-order valence-electron chi connectivity index (χ4n) is 2.22. The number of carbonyl (C=O) groups excluding carboxylic acids is 1. The van der Waals surface area contributed by atoms with Crippen molar-refractivity contribution in [3.63, 3.8) is 0 Å². The quantitative estimate of drug-likeness (QED) is 0.645. The Bertz CT molecular complexity index is 366. The highest BCUT2D eigenvalue weighted by Gasteiger charge is 2.33. The number of aliphatic hydroxyl groups is 1. The second-order valence-corrected chi connectivity index (χ2v) is 4.64. The molecule has 1 N–H and O–H groups in total. The van der Waals surface area contributed by atoms with Crippen LogP contribution >= 0.6 is 0 Å². The zero-order chi connectivity index (χ0) is 12.1. The molecule has 0 aliphatic heterocycles. The van der Waals surface area contributed by atoms with Crippen LogP contribution in [0.15, 0.2) is 30.3 Å². The van der Waals surface area contributed by atoms with Gasteiger partial charge in [-0.15, -0.1) is 0 Å². The predicted molar refractivity (Wildman–Crippen MR) is 64.3 cm³/mol. The molecule has 1 saturated carbocycles. The number of esters is 1. The van der Waals surface area contributed by atoms with Gasteiger partial charge in [0.05, 0.1) is 6.42 Å². The number of benzene rings is 1. The zero-order valence-corrected chi connectivity index (χ0v) is 9.89. The fourth-order valence-corrected chi connectivity index (χ4v) is 2.22. The molecule has 0 radical (unpaired) electrons. The molecule has 0 saturated heterocycles. The van der Waals surface area contributed by atoms with Crippen molar-refractivity contribution in [1.82, 2.24) is 0 Å². The van der Waals surface area contributed by atoms with E-state index < -0.39 is 5.79 Å². The second-order valence-electron chi connectivity index (χ2n) is 4.64. The lowest BCUT2D eigenvalue weighted by Crippen LogP contribution is -2.37. The van der Waals surface area contributed by atoms with Gasteiger partial charge >= 0.3 is 5.97 Å². The predicted octanol–water partition coefficient (Wildman–Crippen LogP) is 2.43. The average molecular weight is 234 g/mol. The van der Waals surface area contributed by atoms with Crippen molar-refractivity contribution in [1.29, 1.82) is 0 Å². The maximum absolute atomic E-state index is 11.7. The van der Waals surface area contributed by atoms with Crippen molar-refractivity contribution >= 4 is 5.97 Å². The van der Waals surface area contributed by atoms with Gasteiger partial charge in [0.25, 0.3) is 0 Å². The van der Waals surface area contributed by atoms with E-state index in [0.29, 0.717) is 12.8 Å².